The summed E-state index contributed by atoms with van der Waals surface area (Å²) in [5.41, 5.74) is 2.16. The van der Waals surface area contributed by atoms with Gasteiger partial charge < -0.3 is 14.7 Å². The fraction of sp³-hybridized carbons (Fsp3) is 0.615. The Hall–Kier alpha value is -1.13. The highest BCUT2D eigenvalue weighted by molar-refractivity contribution is 5.45. The van der Waals surface area contributed by atoms with Crippen molar-refractivity contribution in [1.82, 2.24) is 4.98 Å². The van der Waals surface area contributed by atoms with Gasteiger partial charge in [0.15, 0.2) is 0 Å². The molecular weight excluding hydrogens is 216 g/mol. The number of aromatic nitrogens is 1. The van der Waals surface area contributed by atoms with E-state index >= 15 is 0 Å². The Bertz CT molecular complexity index is 353. The fourth-order valence-electron chi connectivity index (χ4n) is 2.28. The van der Waals surface area contributed by atoms with E-state index < -0.39 is 0 Å². The minimum atomic E-state index is -0.246. The molecule has 2 heterocycles. The first-order valence-electron chi connectivity index (χ1n) is 6.05. The number of pyridine rings is 1. The van der Waals surface area contributed by atoms with E-state index in [-0.39, 0.29) is 12.0 Å². The molecule has 0 bridgehead atoms. The first-order valence-corrected chi connectivity index (χ1v) is 6.05. The average molecular weight is 236 g/mol. The van der Waals surface area contributed by atoms with Crippen molar-refractivity contribution in [1.29, 1.82) is 0 Å². The van der Waals surface area contributed by atoms with Crippen LogP contribution in [0.5, 0.6) is 0 Å². The van der Waals surface area contributed by atoms with Crippen LogP contribution >= 0.6 is 0 Å². The number of ether oxygens (including phenoxy) is 1. The van der Waals surface area contributed by atoms with Crippen molar-refractivity contribution in [2.75, 3.05) is 31.7 Å². The summed E-state index contributed by atoms with van der Waals surface area (Å²) in [6, 6.07) is 4.11. The molecule has 2 rings (SSSR count). The zero-order valence-electron chi connectivity index (χ0n) is 10.5. The molecule has 0 aromatic carbocycles. The summed E-state index contributed by atoms with van der Waals surface area (Å²) in [6.45, 7) is 4.31. The lowest BCUT2D eigenvalue weighted by Crippen LogP contribution is -2.45. The van der Waals surface area contributed by atoms with Crippen LogP contribution in [0, 0.1) is 12.8 Å². The van der Waals surface area contributed by atoms with Crippen LogP contribution < -0.4 is 4.90 Å². The third-order valence-electron chi connectivity index (χ3n) is 3.34. The maximum atomic E-state index is 9.89. The minimum Gasteiger partial charge on any atom is -0.393 e. The first-order chi connectivity index (χ1) is 8.20. The Kier molecular flexibility index (Phi) is 3.97. The van der Waals surface area contributed by atoms with Crippen LogP contribution in [0.2, 0.25) is 0 Å². The van der Waals surface area contributed by atoms with E-state index in [1.54, 1.807) is 7.11 Å². The smallest absolute Gasteiger partial charge is 0.0624 e. The van der Waals surface area contributed by atoms with Crippen molar-refractivity contribution in [2.24, 2.45) is 5.92 Å². The number of rotatable bonds is 3. The normalized spacial score (nSPS) is 25.0. The molecule has 0 amide bonds. The van der Waals surface area contributed by atoms with E-state index in [4.69, 9.17) is 4.74 Å². The van der Waals surface area contributed by atoms with Crippen molar-refractivity contribution in [3.63, 3.8) is 0 Å². The maximum Gasteiger partial charge on any atom is 0.0624 e. The largest absolute Gasteiger partial charge is 0.393 e. The van der Waals surface area contributed by atoms with Crippen LogP contribution in [-0.4, -0.2) is 43.0 Å². The molecule has 0 aliphatic carbocycles. The number of piperidine rings is 1. The zero-order valence-corrected chi connectivity index (χ0v) is 10.5. The van der Waals surface area contributed by atoms with E-state index in [9.17, 15) is 5.11 Å². The summed E-state index contributed by atoms with van der Waals surface area (Å²) in [5.74, 6) is 0.190. The Morgan fingerprint density at radius 2 is 2.35 bits per heavy atom. The average Bonchev–Trinajstić information content (AvgIpc) is 2.33. The molecule has 2 atom stereocenters. The number of aliphatic hydroxyl groups is 1. The lowest BCUT2D eigenvalue weighted by Gasteiger charge is -2.37. The van der Waals surface area contributed by atoms with Crippen LogP contribution in [0.4, 0.5) is 5.69 Å². The highest BCUT2D eigenvalue weighted by atomic mass is 16.5. The standard InChI is InChI=1S/C13H20N2O2/c1-10-3-4-12(7-14-10)15-6-5-13(16)11(8-15)9-17-2/h3-4,7,11,13,16H,5-6,8-9H2,1-2H3. The van der Waals surface area contributed by atoms with Crippen molar-refractivity contribution in [2.45, 2.75) is 19.4 Å². The second kappa shape index (κ2) is 5.47. The van der Waals surface area contributed by atoms with Crippen LogP contribution in [0.3, 0.4) is 0 Å². The second-order valence-corrected chi connectivity index (χ2v) is 4.68. The van der Waals surface area contributed by atoms with Crippen LogP contribution in [0.25, 0.3) is 0 Å². The number of methoxy groups -OCH3 is 1. The van der Waals surface area contributed by atoms with Crippen molar-refractivity contribution in [3.8, 4) is 0 Å². The summed E-state index contributed by atoms with van der Waals surface area (Å²) >= 11 is 0. The van der Waals surface area contributed by atoms with Gasteiger partial charge in [0.25, 0.3) is 0 Å². The molecule has 1 aliphatic rings. The predicted molar refractivity (Wildman–Crippen MR) is 67.2 cm³/mol. The molecule has 0 spiro atoms. The van der Waals surface area contributed by atoms with Crippen LogP contribution in [-0.2, 0) is 4.74 Å². The van der Waals surface area contributed by atoms with E-state index in [1.165, 1.54) is 0 Å². The number of nitrogens with zero attached hydrogens (tertiary/aromatic N) is 2. The molecule has 0 radical (unpaired) electrons. The van der Waals surface area contributed by atoms with Gasteiger partial charge >= 0.3 is 0 Å². The van der Waals surface area contributed by atoms with Gasteiger partial charge in [0, 0.05) is 31.8 Å². The molecule has 1 fully saturated rings. The number of aryl methyl sites for hydroxylation is 1. The van der Waals surface area contributed by atoms with Crippen molar-refractivity contribution >= 4 is 5.69 Å². The monoisotopic (exact) mass is 236 g/mol. The quantitative estimate of drug-likeness (QED) is 0.857. The number of aliphatic hydroxyl groups excluding tert-OH is 1. The molecule has 1 aromatic heterocycles. The predicted octanol–water partition coefficient (Wildman–Crippen LogP) is 1.22. The summed E-state index contributed by atoms with van der Waals surface area (Å²) in [4.78, 5) is 6.58. The topological polar surface area (TPSA) is 45.6 Å². The minimum absolute atomic E-state index is 0.190. The molecule has 1 aliphatic heterocycles. The summed E-state index contributed by atoms with van der Waals surface area (Å²) < 4.78 is 5.15. The van der Waals surface area contributed by atoms with Gasteiger partial charge in [-0.05, 0) is 25.5 Å². The third kappa shape index (κ3) is 2.96. The molecule has 1 N–H and O–H groups in total. The van der Waals surface area contributed by atoms with Gasteiger partial charge in [-0.2, -0.15) is 0 Å². The molecule has 94 valence electrons. The molecule has 1 aromatic rings. The Labute approximate surface area is 102 Å². The number of anilines is 1. The molecule has 1 saturated heterocycles. The maximum absolute atomic E-state index is 9.89. The van der Waals surface area contributed by atoms with Gasteiger partial charge in [-0.1, -0.05) is 0 Å². The van der Waals surface area contributed by atoms with Gasteiger partial charge in [-0.15, -0.1) is 0 Å². The van der Waals surface area contributed by atoms with Gasteiger partial charge in [0.1, 0.15) is 0 Å². The lowest BCUT2D eigenvalue weighted by molar-refractivity contribution is 0.0359. The van der Waals surface area contributed by atoms with Gasteiger partial charge in [0.05, 0.1) is 24.6 Å². The van der Waals surface area contributed by atoms with Crippen molar-refractivity contribution in [3.05, 3.63) is 24.0 Å². The van der Waals surface area contributed by atoms with Gasteiger partial charge in [-0.25, -0.2) is 0 Å². The molecule has 17 heavy (non-hydrogen) atoms. The highest BCUT2D eigenvalue weighted by Crippen LogP contribution is 2.23. The Morgan fingerprint density at radius 1 is 1.53 bits per heavy atom. The first kappa shape index (κ1) is 12.3. The van der Waals surface area contributed by atoms with E-state index in [0.717, 1.165) is 30.9 Å². The fourth-order valence-corrected chi connectivity index (χ4v) is 2.28. The summed E-state index contributed by atoms with van der Waals surface area (Å²) in [7, 11) is 1.68. The lowest BCUT2D eigenvalue weighted by atomic mass is 9.95. The molecule has 4 heteroatoms. The molecule has 4 nitrogen and oxygen atoms in total. The van der Waals surface area contributed by atoms with Gasteiger partial charge in [-0.3, -0.25) is 4.98 Å². The van der Waals surface area contributed by atoms with E-state index in [1.807, 2.05) is 19.2 Å². The zero-order chi connectivity index (χ0) is 12.3. The van der Waals surface area contributed by atoms with Gasteiger partial charge in [0.2, 0.25) is 0 Å². The van der Waals surface area contributed by atoms with E-state index in [0.29, 0.717) is 6.61 Å². The molecular formula is C13H20N2O2. The number of hydrogen-bond donors (Lipinski definition) is 1. The van der Waals surface area contributed by atoms with Crippen LogP contribution in [0.1, 0.15) is 12.1 Å². The molecule has 2 unspecified atom stereocenters. The SMILES string of the molecule is COCC1CN(c2ccc(C)nc2)CCC1O. The summed E-state index contributed by atoms with van der Waals surface area (Å²) in [6.07, 6.45) is 2.45. The third-order valence-corrected chi connectivity index (χ3v) is 3.34. The Morgan fingerprint density at radius 3 is 3.00 bits per heavy atom. The van der Waals surface area contributed by atoms with Crippen molar-refractivity contribution < 1.29 is 9.84 Å². The highest BCUT2D eigenvalue weighted by Gasteiger charge is 2.27. The number of hydrogen-bond acceptors (Lipinski definition) is 4. The summed E-state index contributed by atoms with van der Waals surface area (Å²) in [5, 5.41) is 9.89. The van der Waals surface area contributed by atoms with Crippen LogP contribution in [0.15, 0.2) is 18.3 Å². The Balaban J connectivity index is 2.04. The molecule has 0 saturated carbocycles. The second-order valence-electron chi connectivity index (χ2n) is 4.68. The van der Waals surface area contributed by atoms with E-state index in [2.05, 4.69) is 16.0 Å².